The molecule has 2 N–H and O–H groups in total. The summed E-state index contributed by atoms with van der Waals surface area (Å²) < 4.78 is 0. The Morgan fingerprint density at radius 3 is 2.50 bits per heavy atom. The summed E-state index contributed by atoms with van der Waals surface area (Å²) in [6.07, 6.45) is 3.84. The summed E-state index contributed by atoms with van der Waals surface area (Å²) in [5.74, 6) is 0. The van der Waals surface area contributed by atoms with Gasteiger partial charge in [0.15, 0.2) is 0 Å². The van der Waals surface area contributed by atoms with Gasteiger partial charge in [0.25, 0.3) is 0 Å². The lowest BCUT2D eigenvalue weighted by atomic mass is 9.94. The quantitative estimate of drug-likeness (QED) is 0.804. The molecule has 0 unspecified atom stereocenters. The van der Waals surface area contributed by atoms with Crippen LogP contribution in [0.5, 0.6) is 0 Å². The number of allylic oxidation sites excluding steroid dienone is 1. The largest absolute Gasteiger partial charge is 0.324 e. The third kappa shape index (κ3) is 2.92. The number of nitrogens with two attached hydrogens (primary N) is 1. The molecule has 0 amide bonds. The first-order chi connectivity index (χ1) is 8.24. The molecule has 18 heavy (non-hydrogen) atoms. The molecule has 1 nitrogen and oxygen atoms in total. The number of hydrogen-bond donors (Lipinski definition) is 1. The fourth-order valence-electron chi connectivity index (χ4n) is 2.25. The molecule has 2 aromatic carbocycles. The molecule has 0 saturated heterocycles. The highest BCUT2D eigenvalue weighted by Gasteiger charge is 2.09. The van der Waals surface area contributed by atoms with Gasteiger partial charge in [0, 0.05) is 6.04 Å². The van der Waals surface area contributed by atoms with Gasteiger partial charge >= 0.3 is 0 Å². The van der Waals surface area contributed by atoms with E-state index in [1.165, 1.54) is 21.9 Å². The Labute approximate surface area is 115 Å². The van der Waals surface area contributed by atoms with Crippen LogP contribution in [0.4, 0.5) is 0 Å². The number of halogens is 1. The Bertz CT molecular complexity index is 534. The lowest BCUT2D eigenvalue weighted by Gasteiger charge is -2.15. The lowest BCUT2D eigenvalue weighted by molar-refractivity contribution is 0.666. The van der Waals surface area contributed by atoms with Crippen molar-refractivity contribution in [2.45, 2.75) is 25.8 Å². The second-order valence-electron chi connectivity index (χ2n) is 4.49. The smallest absolute Gasteiger partial charge is 0.0303 e. The van der Waals surface area contributed by atoms with E-state index in [2.05, 4.69) is 49.9 Å². The van der Waals surface area contributed by atoms with Gasteiger partial charge < -0.3 is 5.73 Å². The second-order valence-corrected chi connectivity index (χ2v) is 4.49. The molecule has 0 aliphatic heterocycles. The van der Waals surface area contributed by atoms with Crippen LogP contribution in [0.1, 0.15) is 30.0 Å². The average Bonchev–Trinajstić information content (AvgIpc) is 2.37. The van der Waals surface area contributed by atoms with E-state index >= 15 is 0 Å². The van der Waals surface area contributed by atoms with Crippen LogP contribution in [0.15, 0.2) is 49.1 Å². The molecule has 0 aliphatic carbocycles. The predicted octanol–water partition coefficient (Wildman–Crippen LogP) is 4.54. The maximum atomic E-state index is 6.25. The SMILES string of the molecule is C=CCC[C@@H](N)c1ccc(C)c2ccccc12.Cl. The van der Waals surface area contributed by atoms with Crippen molar-refractivity contribution >= 4 is 23.2 Å². The van der Waals surface area contributed by atoms with Gasteiger partial charge in [0.2, 0.25) is 0 Å². The second kappa shape index (κ2) is 6.58. The minimum absolute atomic E-state index is 0. The van der Waals surface area contributed by atoms with Crippen molar-refractivity contribution < 1.29 is 0 Å². The number of rotatable bonds is 4. The Morgan fingerprint density at radius 2 is 1.83 bits per heavy atom. The monoisotopic (exact) mass is 261 g/mol. The zero-order chi connectivity index (χ0) is 12.3. The van der Waals surface area contributed by atoms with Crippen LogP contribution >= 0.6 is 12.4 Å². The maximum Gasteiger partial charge on any atom is 0.0303 e. The zero-order valence-electron chi connectivity index (χ0n) is 10.7. The molecule has 0 heterocycles. The molecule has 1 atom stereocenters. The number of hydrogen-bond acceptors (Lipinski definition) is 1. The number of aryl methyl sites for hydroxylation is 1. The zero-order valence-corrected chi connectivity index (χ0v) is 11.5. The van der Waals surface area contributed by atoms with Gasteiger partial charge in [-0.2, -0.15) is 0 Å². The van der Waals surface area contributed by atoms with Gasteiger partial charge in [0.05, 0.1) is 0 Å². The van der Waals surface area contributed by atoms with E-state index < -0.39 is 0 Å². The summed E-state index contributed by atoms with van der Waals surface area (Å²) in [5, 5.41) is 2.59. The van der Waals surface area contributed by atoms with Gasteiger partial charge in [0.1, 0.15) is 0 Å². The van der Waals surface area contributed by atoms with Gasteiger partial charge in [-0.25, -0.2) is 0 Å². The fraction of sp³-hybridized carbons (Fsp3) is 0.250. The summed E-state index contributed by atoms with van der Waals surface area (Å²) in [6, 6.07) is 12.9. The highest BCUT2D eigenvalue weighted by Crippen LogP contribution is 2.27. The van der Waals surface area contributed by atoms with Crippen LogP contribution in [0.25, 0.3) is 10.8 Å². The summed E-state index contributed by atoms with van der Waals surface area (Å²) in [5.41, 5.74) is 8.80. The first-order valence-corrected chi connectivity index (χ1v) is 6.08. The van der Waals surface area contributed by atoms with Crippen molar-refractivity contribution in [1.29, 1.82) is 0 Å². The highest BCUT2D eigenvalue weighted by molar-refractivity contribution is 5.88. The predicted molar refractivity (Wildman–Crippen MR) is 82.3 cm³/mol. The van der Waals surface area contributed by atoms with Crippen molar-refractivity contribution in [2.75, 3.05) is 0 Å². The third-order valence-electron chi connectivity index (χ3n) is 3.26. The van der Waals surface area contributed by atoms with Crippen LogP contribution in [-0.2, 0) is 0 Å². The van der Waals surface area contributed by atoms with E-state index in [9.17, 15) is 0 Å². The number of benzene rings is 2. The summed E-state index contributed by atoms with van der Waals surface area (Å²) in [7, 11) is 0. The summed E-state index contributed by atoms with van der Waals surface area (Å²) >= 11 is 0. The van der Waals surface area contributed by atoms with Crippen molar-refractivity contribution in [2.24, 2.45) is 5.73 Å². The molecule has 2 aromatic rings. The summed E-state index contributed by atoms with van der Waals surface area (Å²) in [6.45, 7) is 5.89. The molecule has 2 rings (SSSR count). The van der Waals surface area contributed by atoms with Gasteiger partial charge in [-0.05, 0) is 41.7 Å². The summed E-state index contributed by atoms with van der Waals surface area (Å²) in [4.78, 5) is 0. The fourth-order valence-corrected chi connectivity index (χ4v) is 2.25. The van der Waals surface area contributed by atoms with E-state index in [4.69, 9.17) is 5.73 Å². The van der Waals surface area contributed by atoms with Crippen LogP contribution in [0.3, 0.4) is 0 Å². The Hall–Kier alpha value is -1.31. The van der Waals surface area contributed by atoms with Gasteiger partial charge in [-0.3, -0.25) is 0 Å². The van der Waals surface area contributed by atoms with E-state index in [-0.39, 0.29) is 18.4 Å². The number of fused-ring (bicyclic) bond motifs is 1. The third-order valence-corrected chi connectivity index (χ3v) is 3.26. The molecule has 0 aliphatic rings. The molecule has 0 fully saturated rings. The van der Waals surface area contributed by atoms with E-state index in [1.54, 1.807) is 0 Å². The lowest BCUT2D eigenvalue weighted by Crippen LogP contribution is -2.10. The standard InChI is InChI=1S/C16H19N.ClH/c1-3-4-9-16(17)15-11-10-12(2)13-7-5-6-8-14(13)15;/h3,5-8,10-11,16H,1,4,9,17H2,2H3;1H/t16-;/m1./s1. The van der Waals surface area contributed by atoms with Crippen LogP contribution in [0, 0.1) is 6.92 Å². The van der Waals surface area contributed by atoms with Crippen LogP contribution in [0.2, 0.25) is 0 Å². The van der Waals surface area contributed by atoms with Crippen molar-refractivity contribution in [3.8, 4) is 0 Å². The molecule has 0 aromatic heterocycles. The van der Waals surface area contributed by atoms with Gasteiger partial charge in [-0.15, -0.1) is 19.0 Å². The first-order valence-electron chi connectivity index (χ1n) is 6.08. The highest BCUT2D eigenvalue weighted by atomic mass is 35.5. The van der Waals surface area contributed by atoms with E-state index in [1.807, 2.05) is 6.08 Å². The molecule has 0 bridgehead atoms. The normalized spacial score (nSPS) is 11.9. The molecular weight excluding hydrogens is 242 g/mol. The van der Waals surface area contributed by atoms with E-state index in [0.29, 0.717) is 0 Å². The minimum Gasteiger partial charge on any atom is -0.324 e. The Kier molecular flexibility index (Phi) is 5.39. The van der Waals surface area contributed by atoms with Crippen LogP contribution < -0.4 is 5.73 Å². The maximum absolute atomic E-state index is 6.25. The van der Waals surface area contributed by atoms with Gasteiger partial charge in [-0.1, -0.05) is 42.5 Å². The van der Waals surface area contributed by atoms with Crippen molar-refractivity contribution in [3.63, 3.8) is 0 Å². The molecule has 0 radical (unpaired) electrons. The van der Waals surface area contributed by atoms with E-state index in [0.717, 1.165) is 12.8 Å². The topological polar surface area (TPSA) is 26.0 Å². The average molecular weight is 262 g/mol. The molecular formula is C16H20ClN. The molecule has 0 saturated carbocycles. The molecule has 96 valence electrons. The Morgan fingerprint density at radius 1 is 1.17 bits per heavy atom. The molecule has 2 heteroatoms. The minimum atomic E-state index is 0. The molecule has 0 spiro atoms. The van der Waals surface area contributed by atoms with Crippen molar-refractivity contribution in [3.05, 3.63) is 60.2 Å². The van der Waals surface area contributed by atoms with Crippen molar-refractivity contribution in [1.82, 2.24) is 0 Å². The first kappa shape index (κ1) is 14.7. The Balaban J connectivity index is 0.00000162. The van der Waals surface area contributed by atoms with Crippen LogP contribution in [-0.4, -0.2) is 0 Å².